The SMILES string of the molecule is CC(C)c1ccccc1.COC(=O)NC(N)=O.N. The maximum atomic E-state index is 9.99. The summed E-state index contributed by atoms with van der Waals surface area (Å²) < 4.78 is 4.01. The third kappa shape index (κ3) is 9.17. The maximum absolute atomic E-state index is 9.99. The van der Waals surface area contributed by atoms with Crippen LogP contribution in [0.4, 0.5) is 9.59 Å². The topological polar surface area (TPSA) is 116 Å². The highest BCUT2D eigenvalue weighted by atomic mass is 16.5. The van der Waals surface area contributed by atoms with E-state index in [1.54, 1.807) is 5.32 Å². The van der Waals surface area contributed by atoms with Crippen LogP contribution in [0.2, 0.25) is 0 Å². The van der Waals surface area contributed by atoms with Gasteiger partial charge in [0.2, 0.25) is 0 Å². The number of primary amides is 1. The summed E-state index contributed by atoms with van der Waals surface area (Å²) in [5.41, 5.74) is 5.93. The van der Waals surface area contributed by atoms with Crippen molar-refractivity contribution in [3.8, 4) is 0 Å². The van der Waals surface area contributed by atoms with Crippen molar-refractivity contribution < 1.29 is 14.3 Å². The van der Waals surface area contributed by atoms with Gasteiger partial charge in [0.25, 0.3) is 0 Å². The summed E-state index contributed by atoms with van der Waals surface area (Å²) in [6.45, 7) is 4.41. The molecule has 0 aliphatic heterocycles. The third-order valence-corrected chi connectivity index (χ3v) is 1.88. The molecule has 6 N–H and O–H groups in total. The number of alkyl carbamates (subject to hydrolysis) is 1. The zero-order valence-corrected chi connectivity index (χ0v) is 11.0. The number of carbonyl (C=O) groups is 2. The average molecular weight is 255 g/mol. The zero-order chi connectivity index (χ0) is 13.3. The second-order valence-corrected chi connectivity index (χ2v) is 3.55. The van der Waals surface area contributed by atoms with Crippen molar-refractivity contribution in [3.05, 3.63) is 35.9 Å². The molecule has 0 spiro atoms. The van der Waals surface area contributed by atoms with Crippen LogP contribution >= 0.6 is 0 Å². The van der Waals surface area contributed by atoms with Gasteiger partial charge in [0.05, 0.1) is 7.11 Å². The number of benzene rings is 1. The predicted molar refractivity (Wildman–Crippen MR) is 70.7 cm³/mol. The van der Waals surface area contributed by atoms with E-state index < -0.39 is 12.1 Å². The van der Waals surface area contributed by atoms with Gasteiger partial charge in [-0.1, -0.05) is 44.2 Å². The Labute approximate surface area is 107 Å². The summed E-state index contributed by atoms with van der Waals surface area (Å²) in [6, 6.07) is 9.60. The highest BCUT2D eigenvalue weighted by Crippen LogP contribution is 2.11. The number of ether oxygens (including phenoxy) is 1. The largest absolute Gasteiger partial charge is 0.453 e. The minimum absolute atomic E-state index is 0. The van der Waals surface area contributed by atoms with Crippen LogP contribution < -0.4 is 17.2 Å². The predicted octanol–water partition coefficient (Wildman–Crippen LogP) is 2.39. The summed E-state index contributed by atoms with van der Waals surface area (Å²) in [5, 5.41) is 1.67. The zero-order valence-electron chi connectivity index (χ0n) is 11.0. The first kappa shape index (κ1) is 18.3. The van der Waals surface area contributed by atoms with Crippen molar-refractivity contribution >= 4 is 12.1 Å². The number of carbonyl (C=O) groups excluding carboxylic acids is 2. The molecule has 6 heteroatoms. The lowest BCUT2D eigenvalue weighted by Gasteiger charge is -2.01. The molecule has 0 bridgehead atoms. The molecule has 102 valence electrons. The molecule has 3 amide bonds. The average Bonchev–Trinajstić information content (AvgIpc) is 2.30. The van der Waals surface area contributed by atoms with Gasteiger partial charge in [0, 0.05) is 0 Å². The van der Waals surface area contributed by atoms with Gasteiger partial charge in [-0.3, -0.25) is 0 Å². The van der Waals surface area contributed by atoms with Crippen LogP contribution in [0.25, 0.3) is 0 Å². The van der Waals surface area contributed by atoms with Gasteiger partial charge in [0.1, 0.15) is 0 Å². The molecule has 0 aliphatic carbocycles. The van der Waals surface area contributed by atoms with Crippen LogP contribution in [-0.4, -0.2) is 19.2 Å². The second-order valence-electron chi connectivity index (χ2n) is 3.55. The first-order valence-electron chi connectivity index (χ1n) is 5.16. The first-order chi connectivity index (χ1) is 7.97. The van der Waals surface area contributed by atoms with Crippen molar-refractivity contribution in [1.29, 1.82) is 0 Å². The van der Waals surface area contributed by atoms with Crippen LogP contribution in [0.5, 0.6) is 0 Å². The molecule has 6 nitrogen and oxygen atoms in total. The molecule has 0 radical (unpaired) electrons. The Morgan fingerprint density at radius 2 is 1.72 bits per heavy atom. The van der Waals surface area contributed by atoms with Gasteiger partial charge in [-0.2, -0.15) is 0 Å². The van der Waals surface area contributed by atoms with Crippen LogP contribution in [0, 0.1) is 0 Å². The molecule has 18 heavy (non-hydrogen) atoms. The maximum Gasteiger partial charge on any atom is 0.415 e. The lowest BCUT2D eigenvalue weighted by molar-refractivity contribution is 0.171. The molecular weight excluding hydrogens is 234 g/mol. The van der Waals surface area contributed by atoms with Gasteiger partial charge in [-0.05, 0) is 11.5 Å². The Balaban J connectivity index is 0. The fourth-order valence-corrected chi connectivity index (χ4v) is 0.990. The van der Waals surface area contributed by atoms with Gasteiger partial charge in [-0.25, -0.2) is 14.9 Å². The first-order valence-corrected chi connectivity index (χ1v) is 5.16. The van der Waals surface area contributed by atoms with E-state index in [4.69, 9.17) is 0 Å². The molecular formula is C12H21N3O3. The van der Waals surface area contributed by atoms with Crippen LogP contribution in [0.1, 0.15) is 25.3 Å². The quantitative estimate of drug-likeness (QED) is 0.714. The van der Waals surface area contributed by atoms with E-state index in [0.717, 1.165) is 7.11 Å². The Morgan fingerprint density at radius 3 is 1.94 bits per heavy atom. The molecule has 0 aliphatic rings. The van der Waals surface area contributed by atoms with E-state index >= 15 is 0 Å². The van der Waals surface area contributed by atoms with Crippen molar-refractivity contribution in [3.63, 3.8) is 0 Å². The van der Waals surface area contributed by atoms with Crippen LogP contribution in [-0.2, 0) is 4.74 Å². The van der Waals surface area contributed by atoms with E-state index in [9.17, 15) is 9.59 Å². The number of amides is 3. The van der Waals surface area contributed by atoms with Crippen LogP contribution in [0.15, 0.2) is 30.3 Å². The molecule has 0 saturated heterocycles. The lowest BCUT2D eigenvalue weighted by atomic mass is 10.0. The fourth-order valence-electron chi connectivity index (χ4n) is 0.990. The fraction of sp³-hybridized carbons (Fsp3) is 0.333. The molecule has 1 aromatic rings. The minimum Gasteiger partial charge on any atom is -0.453 e. The number of hydrogen-bond donors (Lipinski definition) is 3. The van der Waals surface area contributed by atoms with E-state index in [0.29, 0.717) is 5.92 Å². The van der Waals surface area contributed by atoms with Crippen molar-refractivity contribution in [1.82, 2.24) is 11.5 Å². The molecule has 1 aromatic carbocycles. The van der Waals surface area contributed by atoms with Gasteiger partial charge >= 0.3 is 12.1 Å². The third-order valence-electron chi connectivity index (χ3n) is 1.88. The standard InChI is InChI=1S/C9H12.C3H6N2O3.H3N/c1-8(2)9-6-4-3-5-7-9;1-8-3(7)5-2(4)6;/h3-8H,1-2H3;1H3,(H3,4,5,6,7);1H3. The van der Waals surface area contributed by atoms with E-state index in [2.05, 4.69) is 48.6 Å². The second kappa shape index (κ2) is 10.1. The van der Waals surface area contributed by atoms with Gasteiger partial charge in [-0.15, -0.1) is 0 Å². The molecule has 0 atom stereocenters. The molecule has 0 fully saturated rings. The summed E-state index contributed by atoms with van der Waals surface area (Å²) in [7, 11) is 1.14. The van der Waals surface area contributed by atoms with Crippen molar-refractivity contribution in [2.75, 3.05) is 7.11 Å². The lowest BCUT2D eigenvalue weighted by Crippen LogP contribution is -2.34. The highest BCUT2D eigenvalue weighted by Gasteiger charge is 1.98. The van der Waals surface area contributed by atoms with Gasteiger partial charge in [0.15, 0.2) is 0 Å². The number of methoxy groups -OCH3 is 1. The summed E-state index contributed by atoms with van der Waals surface area (Å²) in [5.74, 6) is 0.659. The number of nitrogens with one attached hydrogen (secondary N) is 1. The summed E-state index contributed by atoms with van der Waals surface area (Å²) in [6.07, 6.45) is -0.850. The number of urea groups is 1. The van der Waals surface area contributed by atoms with E-state index in [-0.39, 0.29) is 6.15 Å². The monoisotopic (exact) mass is 255 g/mol. The molecule has 0 heterocycles. The molecule has 0 saturated carbocycles. The normalized spacial score (nSPS) is 8.44. The van der Waals surface area contributed by atoms with Crippen LogP contribution in [0.3, 0.4) is 0 Å². The summed E-state index contributed by atoms with van der Waals surface area (Å²) >= 11 is 0. The Morgan fingerprint density at radius 1 is 1.22 bits per heavy atom. The molecule has 0 unspecified atom stereocenters. The minimum atomic E-state index is -0.920. The van der Waals surface area contributed by atoms with E-state index in [1.807, 2.05) is 6.07 Å². The molecule has 1 rings (SSSR count). The Kier molecular flexibility index (Phi) is 10.3. The highest BCUT2D eigenvalue weighted by molar-refractivity contribution is 5.89. The van der Waals surface area contributed by atoms with Crippen molar-refractivity contribution in [2.24, 2.45) is 5.73 Å². The van der Waals surface area contributed by atoms with Crippen molar-refractivity contribution in [2.45, 2.75) is 19.8 Å². The number of hydrogen-bond acceptors (Lipinski definition) is 4. The van der Waals surface area contributed by atoms with Gasteiger partial charge < -0.3 is 16.6 Å². The number of nitrogens with two attached hydrogens (primary N) is 1. The Hall–Kier alpha value is -2.08. The number of imide groups is 1. The smallest absolute Gasteiger partial charge is 0.415 e. The Bertz CT molecular complexity index is 353. The molecule has 0 aromatic heterocycles. The van der Waals surface area contributed by atoms with E-state index in [1.165, 1.54) is 5.56 Å². The summed E-state index contributed by atoms with van der Waals surface area (Å²) in [4.78, 5) is 19.8. The number of rotatable bonds is 1.